The zero-order valence-corrected chi connectivity index (χ0v) is 20.8. The van der Waals surface area contributed by atoms with Crippen LogP contribution >= 0.6 is 22.9 Å². The Labute approximate surface area is 215 Å². The first-order valence-corrected chi connectivity index (χ1v) is 12.2. The minimum atomic E-state index is -4.52. The third-order valence-electron chi connectivity index (χ3n) is 6.33. The van der Waals surface area contributed by atoms with Gasteiger partial charge < -0.3 is 10.1 Å². The first-order valence-electron chi connectivity index (χ1n) is 11.1. The lowest BCUT2D eigenvalue weighted by molar-refractivity contribution is -0.173. The number of esters is 1. The molecule has 0 saturated carbocycles. The van der Waals surface area contributed by atoms with Crippen LogP contribution in [0.15, 0.2) is 36.7 Å². The van der Waals surface area contributed by atoms with Gasteiger partial charge in [0.05, 0.1) is 18.5 Å². The highest BCUT2D eigenvalue weighted by molar-refractivity contribution is 7.20. The molecule has 0 aliphatic carbocycles. The Morgan fingerprint density at radius 3 is 2.70 bits per heavy atom. The first-order chi connectivity index (χ1) is 17.6. The van der Waals surface area contributed by atoms with Crippen LogP contribution in [0, 0.1) is 6.92 Å². The normalized spacial score (nSPS) is 17.7. The van der Waals surface area contributed by atoms with Gasteiger partial charge in [-0.25, -0.2) is 24.0 Å². The number of rotatable bonds is 3. The summed E-state index contributed by atoms with van der Waals surface area (Å²) in [6.45, 7) is 1.76. The molecule has 0 saturated heterocycles. The molecule has 5 heterocycles. The maximum absolute atomic E-state index is 14.1. The Hall–Kier alpha value is -3.71. The maximum Gasteiger partial charge on any atom is 0.410 e. The summed E-state index contributed by atoms with van der Waals surface area (Å²) in [7, 11) is 1.30. The van der Waals surface area contributed by atoms with Gasteiger partial charge in [0.15, 0.2) is 11.7 Å². The number of alkyl halides is 3. The van der Waals surface area contributed by atoms with Gasteiger partial charge in [-0.15, -0.1) is 16.4 Å². The van der Waals surface area contributed by atoms with Crippen molar-refractivity contribution in [1.29, 1.82) is 0 Å². The van der Waals surface area contributed by atoms with Crippen molar-refractivity contribution in [1.82, 2.24) is 29.4 Å². The average molecular weight is 548 g/mol. The highest BCUT2D eigenvalue weighted by Crippen LogP contribution is 2.44. The molecule has 1 aromatic carbocycles. The number of ether oxygens (including phenoxy) is 1. The van der Waals surface area contributed by atoms with Crippen molar-refractivity contribution in [2.45, 2.75) is 31.6 Å². The van der Waals surface area contributed by atoms with Crippen LogP contribution in [0.5, 0.6) is 0 Å². The van der Waals surface area contributed by atoms with Gasteiger partial charge in [-0.05, 0) is 30.2 Å². The lowest BCUT2D eigenvalue weighted by Gasteiger charge is -2.33. The monoisotopic (exact) mass is 547 g/mol. The fourth-order valence-electron chi connectivity index (χ4n) is 4.53. The van der Waals surface area contributed by atoms with Gasteiger partial charge in [0, 0.05) is 17.5 Å². The highest BCUT2D eigenvalue weighted by atomic mass is 35.5. The topological polar surface area (TPSA) is 99.2 Å². The summed E-state index contributed by atoms with van der Waals surface area (Å²) in [6, 6.07) is 5.76. The fraction of sp³-hybridized carbons (Fsp3) is 0.261. The number of carbonyl (C=O) groups excluding carboxylic acids is 1. The minimum Gasteiger partial charge on any atom is -0.465 e. The van der Waals surface area contributed by atoms with Crippen LogP contribution in [0.25, 0.3) is 27.4 Å². The summed E-state index contributed by atoms with van der Waals surface area (Å²) in [5.41, 5.74) is 1.90. The van der Waals surface area contributed by atoms with E-state index in [2.05, 4.69) is 25.5 Å². The molecule has 4 aromatic heterocycles. The molecule has 0 amide bonds. The summed E-state index contributed by atoms with van der Waals surface area (Å²) < 4.78 is 49.4. The number of aryl methyl sites for hydroxylation is 1. The van der Waals surface area contributed by atoms with Crippen LogP contribution in [0.3, 0.4) is 0 Å². The second-order valence-electron chi connectivity index (χ2n) is 8.58. The molecule has 0 radical (unpaired) electrons. The van der Waals surface area contributed by atoms with Crippen LogP contribution < -0.4 is 5.32 Å². The van der Waals surface area contributed by atoms with Gasteiger partial charge in [0.25, 0.3) is 0 Å². The SMILES string of the molecule is COC(=O)c1sc2ncn3nc(-c4cc5n(n4)C(C(F)(F)F)CC(c4ccc(Cl)cc4)N5)nc3c2c1C. The van der Waals surface area contributed by atoms with Gasteiger partial charge in [-0.2, -0.15) is 18.3 Å². The Morgan fingerprint density at radius 2 is 2.00 bits per heavy atom. The zero-order valence-electron chi connectivity index (χ0n) is 19.2. The number of thiophene rings is 1. The van der Waals surface area contributed by atoms with Gasteiger partial charge in [-0.1, -0.05) is 23.7 Å². The van der Waals surface area contributed by atoms with Crippen molar-refractivity contribution in [2.75, 3.05) is 12.4 Å². The number of halogens is 4. The van der Waals surface area contributed by atoms with Crippen molar-refractivity contribution in [2.24, 2.45) is 0 Å². The summed E-state index contributed by atoms with van der Waals surface area (Å²) >= 11 is 7.12. The summed E-state index contributed by atoms with van der Waals surface area (Å²) in [6.07, 6.45) is -3.33. The fourth-order valence-corrected chi connectivity index (χ4v) is 5.71. The second-order valence-corrected chi connectivity index (χ2v) is 10.0. The molecule has 37 heavy (non-hydrogen) atoms. The molecule has 9 nitrogen and oxygen atoms in total. The van der Waals surface area contributed by atoms with E-state index in [1.807, 2.05) is 0 Å². The number of hydrogen-bond acceptors (Lipinski definition) is 8. The van der Waals surface area contributed by atoms with Crippen molar-refractivity contribution in [3.8, 4) is 11.5 Å². The molecule has 1 aliphatic heterocycles. The van der Waals surface area contributed by atoms with Crippen LogP contribution in [-0.2, 0) is 4.74 Å². The van der Waals surface area contributed by atoms with Gasteiger partial charge in [0.2, 0.25) is 5.82 Å². The van der Waals surface area contributed by atoms with Crippen molar-refractivity contribution in [3.63, 3.8) is 0 Å². The molecule has 0 spiro atoms. The Bertz CT molecular complexity index is 1680. The quantitative estimate of drug-likeness (QED) is 0.293. The molecular formula is C23H17ClF3N7O2S. The Morgan fingerprint density at radius 1 is 1.24 bits per heavy atom. The molecule has 2 atom stereocenters. The number of benzene rings is 1. The number of nitrogens with zero attached hydrogens (tertiary/aromatic N) is 6. The number of fused-ring (bicyclic) bond motifs is 4. The molecule has 1 N–H and O–H groups in total. The molecule has 0 fully saturated rings. The van der Waals surface area contributed by atoms with Gasteiger partial charge >= 0.3 is 12.1 Å². The molecule has 190 valence electrons. The molecule has 1 aliphatic rings. The first kappa shape index (κ1) is 23.7. The predicted octanol–water partition coefficient (Wildman–Crippen LogP) is 5.61. The van der Waals surface area contributed by atoms with E-state index >= 15 is 0 Å². The number of nitrogens with one attached hydrogen (secondary N) is 1. The zero-order chi connectivity index (χ0) is 26.1. The second kappa shape index (κ2) is 8.42. The molecule has 14 heteroatoms. The average Bonchev–Trinajstić information content (AvgIpc) is 3.57. The molecule has 2 unspecified atom stereocenters. The maximum atomic E-state index is 14.1. The van der Waals surface area contributed by atoms with Gasteiger partial charge in [-0.3, -0.25) is 0 Å². The molecular weight excluding hydrogens is 531 g/mol. The number of anilines is 1. The van der Waals surface area contributed by atoms with E-state index in [-0.39, 0.29) is 23.8 Å². The third kappa shape index (κ3) is 3.89. The van der Waals surface area contributed by atoms with Crippen LogP contribution in [-0.4, -0.2) is 48.6 Å². The number of carbonyl (C=O) groups is 1. The van der Waals surface area contributed by atoms with E-state index in [0.29, 0.717) is 36.9 Å². The molecule has 0 bridgehead atoms. The number of methoxy groups -OCH3 is 1. The van der Waals surface area contributed by atoms with E-state index < -0.39 is 24.2 Å². The number of aromatic nitrogens is 6. The van der Waals surface area contributed by atoms with E-state index in [1.165, 1.54) is 35.4 Å². The van der Waals surface area contributed by atoms with Crippen LogP contribution in [0.1, 0.15) is 39.3 Å². The summed E-state index contributed by atoms with van der Waals surface area (Å²) in [4.78, 5) is 22.0. The van der Waals surface area contributed by atoms with Crippen molar-refractivity contribution in [3.05, 3.63) is 57.7 Å². The molecule has 5 aromatic rings. The molecule has 6 rings (SSSR count). The minimum absolute atomic E-state index is 0.132. The van der Waals surface area contributed by atoms with Gasteiger partial charge in [0.1, 0.15) is 27.5 Å². The Kier molecular flexibility index (Phi) is 5.38. The van der Waals surface area contributed by atoms with Crippen LogP contribution in [0.4, 0.5) is 19.0 Å². The van der Waals surface area contributed by atoms with Crippen molar-refractivity contribution < 1.29 is 22.7 Å². The third-order valence-corrected chi connectivity index (χ3v) is 7.76. The summed E-state index contributed by atoms with van der Waals surface area (Å²) in [5, 5.41) is 12.9. The van der Waals surface area contributed by atoms with E-state index in [4.69, 9.17) is 16.3 Å². The lowest BCUT2D eigenvalue weighted by Crippen LogP contribution is -2.35. The highest BCUT2D eigenvalue weighted by Gasteiger charge is 2.46. The smallest absolute Gasteiger partial charge is 0.410 e. The summed E-state index contributed by atoms with van der Waals surface area (Å²) in [5.74, 6) is -0.155. The van der Waals surface area contributed by atoms with E-state index in [1.54, 1.807) is 31.2 Å². The lowest BCUT2D eigenvalue weighted by atomic mass is 9.97. The predicted molar refractivity (Wildman–Crippen MR) is 131 cm³/mol. The standard InChI is InChI=1S/C23H17ClF3N7O2S/c1-10-17-20-30-19(32-33(20)9-28-21(17)37-18(10)22(35)36-2)14-8-16-29-13(11-3-5-12(24)6-4-11)7-15(23(25,26)27)34(16)31-14/h3-6,8-9,13,15,29H,7H2,1-2H3. The van der Waals surface area contributed by atoms with E-state index in [0.717, 1.165) is 4.68 Å². The van der Waals surface area contributed by atoms with Crippen LogP contribution in [0.2, 0.25) is 5.02 Å². The van der Waals surface area contributed by atoms with Crippen molar-refractivity contribution >= 4 is 50.6 Å². The largest absolute Gasteiger partial charge is 0.465 e. The van der Waals surface area contributed by atoms with E-state index in [9.17, 15) is 18.0 Å². The number of hydrogen-bond donors (Lipinski definition) is 1. The Balaban J connectivity index is 1.44.